The number of carbonyl (C=O) groups excluding carboxylic acids is 1. The van der Waals surface area contributed by atoms with Crippen LogP contribution in [0.4, 0.5) is 10.1 Å². The monoisotopic (exact) mass is 330 g/mol. The number of halogens is 1. The first-order valence-corrected chi connectivity index (χ1v) is 8.82. The summed E-state index contributed by atoms with van der Waals surface area (Å²) in [6, 6.07) is 5.13. The van der Waals surface area contributed by atoms with Gasteiger partial charge in [0.25, 0.3) is 0 Å². The third-order valence-corrected chi connectivity index (χ3v) is 4.48. The second-order valence-electron chi connectivity index (χ2n) is 5.19. The number of amides is 1. The number of ether oxygens (including phenoxy) is 1. The molecule has 22 heavy (non-hydrogen) atoms. The Balaban J connectivity index is 2.02. The molecule has 8 heteroatoms. The van der Waals surface area contributed by atoms with Crippen molar-refractivity contribution in [3.05, 3.63) is 30.1 Å². The van der Waals surface area contributed by atoms with Crippen LogP contribution < -0.4 is 9.62 Å². The SMILES string of the molecule is CS(=O)(=O)N(CC(=O)NC[C@@H]1CCCO1)c1cccc(F)c1. The smallest absolute Gasteiger partial charge is 0.240 e. The number of hydrogen-bond donors (Lipinski definition) is 1. The van der Waals surface area contributed by atoms with E-state index in [4.69, 9.17) is 4.74 Å². The van der Waals surface area contributed by atoms with Crippen LogP contribution in [0.15, 0.2) is 24.3 Å². The summed E-state index contributed by atoms with van der Waals surface area (Å²) < 4.78 is 43.2. The molecule has 1 amide bonds. The zero-order valence-corrected chi connectivity index (χ0v) is 13.1. The predicted octanol–water partition coefficient (Wildman–Crippen LogP) is 0.887. The van der Waals surface area contributed by atoms with E-state index in [9.17, 15) is 17.6 Å². The van der Waals surface area contributed by atoms with Crippen LogP contribution in [0.25, 0.3) is 0 Å². The van der Waals surface area contributed by atoms with E-state index in [0.717, 1.165) is 29.5 Å². The van der Waals surface area contributed by atoms with E-state index >= 15 is 0 Å². The molecule has 1 saturated heterocycles. The number of hydrogen-bond acceptors (Lipinski definition) is 4. The van der Waals surface area contributed by atoms with Gasteiger partial charge in [0.2, 0.25) is 15.9 Å². The highest BCUT2D eigenvalue weighted by molar-refractivity contribution is 7.92. The van der Waals surface area contributed by atoms with E-state index in [2.05, 4.69) is 5.32 Å². The van der Waals surface area contributed by atoms with Crippen molar-refractivity contribution >= 4 is 21.6 Å². The third kappa shape index (κ3) is 4.67. The van der Waals surface area contributed by atoms with Gasteiger partial charge in [-0.2, -0.15) is 0 Å². The first-order valence-electron chi connectivity index (χ1n) is 6.98. The maximum Gasteiger partial charge on any atom is 0.240 e. The third-order valence-electron chi connectivity index (χ3n) is 3.33. The summed E-state index contributed by atoms with van der Waals surface area (Å²) >= 11 is 0. The normalized spacial score (nSPS) is 18.2. The van der Waals surface area contributed by atoms with Crippen molar-refractivity contribution < 1.29 is 22.3 Å². The maximum absolute atomic E-state index is 13.3. The van der Waals surface area contributed by atoms with E-state index in [0.29, 0.717) is 13.2 Å². The zero-order chi connectivity index (χ0) is 16.2. The van der Waals surface area contributed by atoms with Crippen LogP contribution in [-0.4, -0.2) is 46.4 Å². The van der Waals surface area contributed by atoms with E-state index in [1.807, 2.05) is 0 Å². The maximum atomic E-state index is 13.3. The van der Waals surface area contributed by atoms with Gasteiger partial charge >= 0.3 is 0 Å². The molecule has 1 N–H and O–H groups in total. The molecule has 1 heterocycles. The Morgan fingerprint density at radius 1 is 1.50 bits per heavy atom. The van der Waals surface area contributed by atoms with E-state index in [-0.39, 0.29) is 11.8 Å². The summed E-state index contributed by atoms with van der Waals surface area (Å²) in [5, 5.41) is 2.65. The first kappa shape index (κ1) is 16.7. The molecule has 1 aromatic rings. The molecule has 1 fully saturated rings. The van der Waals surface area contributed by atoms with Crippen molar-refractivity contribution in [3.8, 4) is 0 Å². The van der Waals surface area contributed by atoms with Gasteiger partial charge in [0.1, 0.15) is 12.4 Å². The summed E-state index contributed by atoms with van der Waals surface area (Å²) in [5.41, 5.74) is 0.120. The fourth-order valence-corrected chi connectivity index (χ4v) is 3.10. The van der Waals surface area contributed by atoms with Crippen molar-refractivity contribution in [1.82, 2.24) is 5.32 Å². The fourth-order valence-electron chi connectivity index (χ4n) is 2.25. The van der Waals surface area contributed by atoms with E-state index in [1.165, 1.54) is 18.2 Å². The number of rotatable bonds is 6. The van der Waals surface area contributed by atoms with Gasteiger partial charge in [0, 0.05) is 13.2 Å². The Bertz CT molecular complexity index is 629. The molecule has 0 bridgehead atoms. The topological polar surface area (TPSA) is 75.7 Å². The molecule has 0 saturated carbocycles. The average molecular weight is 330 g/mol. The molecular formula is C14H19FN2O4S. The van der Waals surface area contributed by atoms with Crippen LogP contribution in [-0.2, 0) is 19.6 Å². The van der Waals surface area contributed by atoms with Crippen molar-refractivity contribution in [1.29, 1.82) is 0 Å². The van der Waals surface area contributed by atoms with E-state index in [1.54, 1.807) is 0 Å². The predicted molar refractivity (Wildman–Crippen MR) is 80.6 cm³/mol. The van der Waals surface area contributed by atoms with Crippen LogP contribution >= 0.6 is 0 Å². The number of sulfonamides is 1. The fraction of sp³-hybridized carbons (Fsp3) is 0.500. The first-order chi connectivity index (χ1) is 10.4. The van der Waals surface area contributed by atoms with Crippen molar-refractivity contribution in [3.63, 3.8) is 0 Å². The molecule has 1 aliphatic heterocycles. The summed E-state index contributed by atoms with van der Waals surface area (Å²) in [4.78, 5) is 11.9. The highest BCUT2D eigenvalue weighted by Gasteiger charge is 2.22. The van der Waals surface area contributed by atoms with Gasteiger partial charge in [-0.25, -0.2) is 12.8 Å². The Labute approximate surface area is 129 Å². The highest BCUT2D eigenvalue weighted by Crippen LogP contribution is 2.18. The molecule has 0 aromatic heterocycles. The van der Waals surface area contributed by atoms with E-state index < -0.39 is 28.3 Å². The summed E-state index contributed by atoms with van der Waals surface area (Å²) in [7, 11) is -3.69. The van der Waals surface area contributed by atoms with Gasteiger partial charge < -0.3 is 10.1 Å². The lowest BCUT2D eigenvalue weighted by atomic mass is 10.2. The number of carbonyl (C=O) groups is 1. The lowest BCUT2D eigenvalue weighted by molar-refractivity contribution is -0.120. The molecule has 0 unspecified atom stereocenters. The molecular weight excluding hydrogens is 311 g/mol. The minimum Gasteiger partial charge on any atom is -0.376 e. The molecule has 122 valence electrons. The zero-order valence-electron chi connectivity index (χ0n) is 12.3. The molecule has 0 aliphatic carbocycles. The van der Waals surface area contributed by atoms with Crippen molar-refractivity contribution in [2.45, 2.75) is 18.9 Å². The average Bonchev–Trinajstić information content (AvgIpc) is 2.94. The van der Waals surface area contributed by atoms with Crippen LogP contribution in [0.1, 0.15) is 12.8 Å². The number of benzene rings is 1. The molecule has 2 rings (SSSR count). The van der Waals surface area contributed by atoms with Crippen molar-refractivity contribution in [2.24, 2.45) is 0 Å². The summed E-state index contributed by atoms with van der Waals surface area (Å²) in [5.74, 6) is -1.02. The second kappa shape index (κ2) is 7.06. The van der Waals surface area contributed by atoms with Gasteiger partial charge in [-0.15, -0.1) is 0 Å². The molecule has 1 atom stereocenters. The van der Waals surface area contributed by atoms with Gasteiger partial charge in [0.05, 0.1) is 18.0 Å². The Morgan fingerprint density at radius 2 is 2.27 bits per heavy atom. The Hall–Kier alpha value is -1.67. The summed E-state index contributed by atoms with van der Waals surface area (Å²) in [6.45, 7) is 0.633. The Kier molecular flexibility index (Phi) is 5.36. The minimum atomic E-state index is -3.69. The standard InChI is InChI=1S/C14H19FN2O4S/c1-22(19,20)17(12-5-2-4-11(15)8-12)10-14(18)16-9-13-6-3-7-21-13/h2,4-5,8,13H,3,6-7,9-10H2,1H3,(H,16,18)/t13-/m0/s1. The molecule has 1 aromatic carbocycles. The summed E-state index contributed by atoms with van der Waals surface area (Å²) in [6.07, 6.45) is 2.79. The lowest BCUT2D eigenvalue weighted by Crippen LogP contribution is -2.42. The lowest BCUT2D eigenvalue weighted by Gasteiger charge is -2.22. The minimum absolute atomic E-state index is 0.0233. The molecule has 0 radical (unpaired) electrons. The van der Waals surface area contributed by atoms with Crippen LogP contribution in [0.2, 0.25) is 0 Å². The Morgan fingerprint density at radius 3 is 2.86 bits per heavy atom. The quantitative estimate of drug-likeness (QED) is 0.840. The molecule has 6 nitrogen and oxygen atoms in total. The van der Waals surface area contributed by atoms with Crippen LogP contribution in [0, 0.1) is 5.82 Å². The second-order valence-corrected chi connectivity index (χ2v) is 7.10. The molecule has 0 spiro atoms. The van der Waals surface area contributed by atoms with Gasteiger partial charge in [-0.05, 0) is 31.0 Å². The largest absolute Gasteiger partial charge is 0.376 e. The van der Waals surface area contributed by atoms with Crippen LogP contribution in [0.3, 0.4) is 0 Å². The highest BCUT2D eigenvalue weighted by atomic mass is 32.2. The van der Waals surface area contributed by atoms with Crippen LogP contribution in [0.5, 0.6) is 0 Å². The van der Waals surface area contributed by atoms with Crippen molar-refractivity contribution in [2.75, 3.05) is 30.3 Å². The number of nitrogens with one attached hydrogen (secondary N) is 1. The van der Waals surface area contributed by atoms with Gasteiger partial charge in [-0.1, -0.05) is 6.07 Å². The number of anilines is 1. The van der Waals surface area contributed by atoms with Gasteiger partial charge in [0.15, 0.2) is 0 Å². The number of nitrogens with zero attached hydrogens (tertiary/aromatic N) is 1. The molecule has 1 aliphatic rings. The van der Waals surface area contributed by atoms with Gasteiger partial charge in [-0.3, -0.25) is 9.10 Å².